The monoisotopic (exact) mass is 547 g/mol. The zero-order chi connectivity index (χ0) is 28.6. The lowest BCUT2D eigenvalue weighted by Crippen LogP contribution is -2.47. The molecule has 0 spiro atoms. The minimum atomic E-state index is -5.08. The molecule has 1 saturated heterocycles. The topological polar surface area (TPSA) is 145 Å². The van der Waals surface area contributed by atoms with Gasteiger partial charge in [0.25, 0.3) is 5.91 Å². The summed E-state index contributed by atoms with van der Waals surface area (Å²) in [6.07, 6.45) is -1.65. The summed E-state index contributed by atoms with van der Waals surface area (Å²) in [6, 6.07) is 13.3. The van der Waals surface area contributed by atoms with Gasteiger partial charge in [-0.3, -0.25) is 4.79 Å². The largest absolute Gasteiger partial charge is 0.497 e. The first kappa shape index (κ1) is 28.7. The van der Waals surface area contributed by atoms with E-state index in [1.807, 2.05) is 0 Å². The number of carbonyl (C=O) groups is 3. The molecule has 11 nitrogen and oxygen atoms in total. The van der Waals surface area contributed by atoms with Gasteiger partial charge in [0.2, 0.25) is 5.95 Å². The van der Waals surface area contributed by atoms with Crippen LogP contribution in [0.15, 0.2) is 60.9 Å². The summed E-state index contributed by atoms with van der Waals surface area (Å²) in [5, 5.41) is 19.4. The molecule has 0 radical (unpaired) electrons. The molecule has 0 bridgehead atoms. The number of anilines is 3. The maximum Gasteiger partial charge on any atom is 0.490 e. The first-order valence-electron chi connectivity index (χ1n) is 11.4. The number of halogens is 3. The van der Waals surface area contributed by atoms with Gasteiger partial charge in [-0.15, -0.1) is 0 Å². The summed E-state index contributed by atoms with van der Waals surface area (Å²) in [4.78, 5) is 46.0. The standard InChI is InChI=1S/C23H23N5O4.C2HF3O2/c1-32-18-6-3-16(4-7-18)21(29)26-19-15-17(22(30)31)5-8-20(19)27-11-13-28(14-12-27)23-24-9-2-10-25-23;3-2(4,5)1(6)7/h2-10,15H,11-14H2,1H3,(H,26,29)(H,30,31);(H,6,7). The number of hydrogen-bond donors (Lipinski definition) is 3. The molecule has 0 aliphatic carbocycles. The Balaban J connectivity index is 0.000000532. The number of methoxy groups -OCH3 is 1. The maximum absolute atomic E-state index is 12.8. The number of nitrogens with one attached hydrogen (secondary N) is 1. The van der Waals surface area contributed by atoms with Gasteiger partial charge in [0.1, 0.15) is 5.75 Å². The molecule has 2 heterocycles. The minimum absolute atomic E-state index is 0.107. The summed E-state index contributed by atoms with van der Waals surface area (Å²) >= 11 is 0. The van der Waals surface area contributed by atoms with E-state index in [1.54, 1.807) is 62.0 Å². The Morgan fingerprint density at radius 2 is 1.44 bits per heavy atom. The number of carboxylic acid groups (broad SMARTS) is 2. The van der Waals surface area contributed by atoms with Crippen molar-refractivity contribution in [2.75, 3.05) is 48.4 Å². The fourth-order valence-electron chi connectivity index (χ4n) is 3.58. The number of ether oxygens (including phenoxy) is 1. The van der Waals surface area contributed by atoms with Gasteiger partial charge < -0.3 is 30.1 Å². The smallest absolute Gasteiger partial charge is 0.490 e. The SMILES string of the molecule is COc1ccc(C(=O)Nc2cc(C(=O)O)ccc2N2CCN(c3ncccn3)CC2)cc1.O=C(O)C(F)(F)F. The molecule has 4 rings (SSSR count). The highest BCUT2D eigenvalue weighted by Gasteiger charge is 2.38. The van der Waals surface area contributed by atoms with Gasteiger partial charge in [-0.2, -0.15) is 13.2 Å². The molecule has 3 aromatic rings. The zero-order valence-electron chi connectivity index (χ0n) is 20.6. The zero-order valence-corrected chi connectivity index (χ0v) is 20.6. The summed E-state index contributed by atoms with van der Waals surface area (Å²) in [6.45, 7) is 2.76. The molecular formula is C25H24F3N5O6. The van der Waals surface area contributed by atoms with E-state index in [1.165, 1.54) is 6.07 Å². The van der Waals surface area contributed by atoms with Gasteiger partial charge in [0.05, 0.1) is 24.0 Å². The Morgan fingerprint density at radius 3 is 1.95 bits per heavy atom. The quantitative estimate of drug-likeness (QED) is 0.420. The fourth-order valence-corrected chi connectivity index (χ4v) is 3.58. The highest BCUT2D eigenvalue weighted by atomic mass is 19.4. The molecule has 1 fully saturated rings. The van der Waals surface area contributed by atoms with Gasteiger partial charge in [0.15, 0.2) is 0 Å². The van der Waals surface area contributed by atoms with E-state index in [4.69, 9.17) is 14.6 Å². The number of aliphatic carboxylic acids is 1. The van der Waals surface area contributed by atoms with Crippen LogP contribution in [-0.2, 0) is 4.79 Å². The van der Waals surface area contributed by atoms with Crippen molar-refractivity contribution in [2.24, 2.45) is 0 Å². The molecule has 206 valence electrons. The van der Waals surface area contributed by atoms with E-state index >= 15 is 0 Å². The summed E-state index contributed by atoms with van der Waals surface area (Å²) in [7, 11) is 1.56. The lowest BCUT2D eigenvalue weighted by atomic mass is 10.1. The fraction of sp³-hybridized carbons (Fsp3) is 0.240. The van der Waals surface area contributed by atoms with E-state index < -0.39 is 18.1 Å². The molecule has 39 heavy (non-hydrogen) atoms. The van der Waals surface area contributed by atoms with Gasteiger partial charge >= 0.3 is 18.1 Å². The van der Waals surface area contributed by atoms with E-state index in [0.29, 0.717) is 49.1 Å². The van der Waals surface area contributed by atoms with Gasteiger partial charge in [-0.05, 0) is 48.5 Å². The Hall–Kier alpha value is -4.88. The maximum atomic E-state index is 12.8. The average Bonchev–Trinajstić information content (AvgIpc) is 2.93. The highest BCUT2D eigenvalue weighted by molar-refractivity contribution is 6.06. The molecule has 3 N–H and O–H groups in total. The number of nitrogens with zero attached hydrogens (tertiary/aromatic N) is 4. The van der Waals surface area contributed by atoms with Crippen molar-refractivity contribution in [1.29, 1.82) is 0 Å². The van der Waals surface area contributed by atoms with Gasteiger partial charge in [-0.25, -0.2) is 19.6 Å². The molecule has 0 atom stereocenters. The lowest BCUT2D eigenvalue weighted by Gasteiger charge is -2.37. The number of alkyl halides is 3. The number of piperazine rings is 1. The average molecular weight is 547 g/mol. The second-order valence-electron chi connectivity index (χ2n) is 8.05. The van der Waals surface area contributed by atoms with Gasteiger partial charge in [-0.1, -0.05) is 0 Å². The normalized spacial score (nSPS) is 13.1. The van der Waals surface area contributed by atoms with Crippen LogP contribution in [0.1, 0.15) is 20.7 Å². The van der Waals surface area contributed by atoms with Crippen molar-refractivity contribution < 1.29 is 42.5 Å². The molecular weight excluding hydrogens is 523 g/mol. The molecule has 1 aromatic heterocycles. The van der Waals surface area contributed by atoms with Crippen molar-refractivity contribution in [1.82, 2.24) is 9.97 Å². The molecule has 1 aliphatic heterocycles. The van der Waals surface area contributed by atoms with Crippen LogP contribution < -0.4 is 19.9 Å². The van der Waals surface area contributed by atoms with Crippen LogP contribution in [0, 0.1) is 0 Å². The van der Waals surface area contributed by atoms with Crippen LogP contribution in [-0.4, -0.2) is 77.5 Å². The number of carboxylic acids is 2. The third-order valence-corrected chi connectivity index (χ3v) is 5.54. The summed E-state index contributed by atoms with van der Waals surface area (Å²) < 4.78 is 36.9. The van der Waals surface area contributed by atoms with Crippen LogP contribution in [0.2, 0.25) is 0 Å². The van der Waals surface area contributed by atoms with Crippen molar-refractivity contribution in [3.8, 4) is 5.75 Å². The molecule has 1 amide bonds. The molecule has 0 unspecified atom stereocenters. The third kappa shape index (κ3) is 7.80. The molecule has 14 heteroatoms. The number of aromatic nitrogens is 2. The number of amides is 1. The number of rotatable bonds is 6. The number of hydrogen-bond acceptors (Lipinski definition) is 8. The minimum Gasteiger partial charge on any atom is -0.497 e. The van der Waals surface area contributed by atoms with Crippen molar-refractivity contribution >= 4 is 35.2 Å². The van der Waals surface area contributed by atoms with Crippen LogP contribution in [0.25, 0.3) is 0 Å². The first-order chi connectivity index (χ1) is 18.5. The molecule has 1 aliphatic rings. The number of carbonyl (C=O) groups excluding carboxylic acids is 1. The Labute approximate surface area is 220 Å². The van der Waals surface area contributed by atoms with Crippen molar-refractivity contribution in [3.63, 3.8) is 0 Å². The van der Waals surface area contributed by atoms with Crippen LogP contribution in [0.5, 0.6) is 5.75 Å². The van der Waals surface area contributed by atoms with Gasteiger partial charge in [0, 0.05) is 44.1 Å². The number of aromatic carboxylic acids is 1. The Bertz CT molecular complexity index is 1300. The molecule has 2 aromatic carbocycles. The van der Waals surface area contributed by atoms with Crippen molar-refractivity contribution in [2.45, 2.75) is 6.18 Å². The predicted octanol–water partition coefficient (Wildman–Crippen LogP) is 3.40. The second-order valence-corrected chi connectivity index (χ2v) is 8.05. The van der Waals surface area contributed by atoms with Crippen LogP contribution in [0.4, 0.5) is 30.5 Å². The van der Waals surface area contributed by atoms with Crippen LogP contribution >= 0.6 is 0 Å². The van der Waals surface area contributed by atoms with Crippen molar-refractivity contribution in [3.05, 3.63) is 72.1 Å². The number of benzene rings is 2. The Kier molecular flexibility index (Phi) is 9.25. The first-order valence-corrected chi connectivity index (χ1v) is 11.4. The third-order valence-electron chi connectivity index (χ3n) is 5.54. The summed E-state index contributed by atoms with van der Waals surface area (Å²) in [5.41, 5.74) is 1.78. The van der Waals surface area contributed by atoms with E-state index in [9.17, 15) is 27.9 Å². The second kappa shape index (κ2) is 12.6. The van der Waals surface area contributed by atoms with Crippen LogP contribution in [0.3, 0.4) is 0 Å². The van der Waals surface area contributed by atoms with E-state index in [0.717, 1.165) is 5.69 Å². The Morgan fingerprint density at radius 1 is 0.897 bits per heavy atom. The highest BCUT2D eigenvalue weighted by Crippen LogP contribution is 2.29. The predicted molar refractivity (Wildman–Crippen MR) is 134 cm³/mol. The molecule has 0 saturated carbocycles. The summed E-state index contributed by atoms with van der Waals surface area (Å²) in [5.74, 6) is -2.81. The van der Waals surface area contributed by atoms with E-state index in [2.05, 4.69) is 25.1 Å². The van der Waals surface area contributed by atoms with E-state index in [-0.39, 0.29) is 11.5 Å². The lowest BCUT2D eigenvalue weighted by molar-refractivity contribution is -0.192.